The van der Waals surface area contributed by atoms with Gasteiger partial charge < -0.3 is 4.74 Å². The molecule has 0 bridgehead atoms. The Bertz CT molecular complexity index is 306. The van der Waals surface area contributed by atoms with Gasteiger partial charge >= 0.3 is 0 Å². The van der Waals surface area contributed by atoms with Gasteiger partial charge in [0.25, 0.3) is 0 Å². The van der Waals surface area contributed by atoms with Gasteiger partial charge in [0.05, 0.1) is 3.57 Å². The summed E-state index contributed by atoms with van der Waals surface area (Å²) in [6.45, 7) is 4.74. The topological polar surface area (TPSA) is 22.1 Å². The summed E-state index contributed by atoms with van der Waals surface area (Å²) >= 11 is 2.21. The summed E-state index contributed by atoms with van der Waals surface area (Å²) in [7, 11) is 0. The maximum absolute atomic E-state index is 5.52. The maximum atomic E-state index is 5.52. The maximum Gasteiger partial charge on any atom is 0.136 e. The van der Waals surface area contributed by atoms with Crippen LogP contribution in [-0.2, 0) is 0 Å². The molecule has 0 aliphatic carbocycles. The summed E-state index contributed by atoms with van der Waals surface area (Å²) < 4.78 is 6.57. The number of nitrogens with zero attached hydrogens (tertiary/aromatic N) is 1. The molecule has 0 aliphatic rings. The van der Waals surface area contributed by atoms with Crippen LogP contribution in [0.15, 0.2) is 30.1 Å². The van der Waals surface area contributed by atoms with Gasteiger partial charge in [-0.25, -0.2) is 0 Å². The molecule has 0 amide bonds. The van der Waals surface area contributed by atoms with E-state index >= 15 is 0 Å². The third kappa shape index (κ3) is 3.76. The molecule has 0 atom stereocenters. The van der Waals surface area contributed by atoms with Crippen LogP contribution in [0.4, 0.5) is 0 Å². The van der Waals surface area contributed by atoms with E-state index < -0.39 is 0 Å². The van der Waals surface area contributed by atoms with Crippen LogP contribution in [0.5, 0.6) is 5.75 Å². The van der Waals surface area contributed by atoms with Gasteiger partial charge in [-0.1, -0.05) is 5.57 Å². The number of ether oxygens (including phenoxy) is 1. The number of rotatable bonds is 3. The molecule has 0 fully saturated rings. The zero-order valence-corrected chi connectivity index (χ0v) is 9.91. The van der Waals surface area contributed by atoms with Crippen LogP contribution in [0.3, 0.4) is 0 Å². The van der Waals surface area contributed by atoms with Crippen LogP contribution in [0.2, 0.25) is 0 Å². The Morgan fingerprint density at radius 1 is 1.62 bits per heavy atom. The number of aromatic nitrogens is 1. The van der Waals surface area contributed by atoms with E-state index in [-0.39, 0.29) is 0 Å². The molecule has 0 radical (unpaired) electrons. The number of hydrogen-bond donors (Lipinski definition) is 0. The minimum absolute atomic E-state index is 0.627. The first kappa shape index (κ1) is 10.5. The summed E-state index contributed by atoms with van der Waals surface area (Å²) in [5.74, 6) is 0.896. The van der Waals surface area contributed by atoms with Gasteiger partial charge in [-0.3, -0.25) is 4.98 Å². The Labute approximate surface area is 92.2 Å². The average Bonchev–Trinajstić information content (AvgIpc) is 2.08. The summed E-state index contributed by atoms with van der Waals surface area (Å²) in [5.41, 5.74) is 1.27. The second-order valence-corrected chi connectivity index (χ2v) is 4.06. The highest BCUT2D eigenvalue weighted by Crippen LogP contribution is 2.18. The summed E-state index contributed by atoms with van der Waals surface area (Å²) in [4.78, 5) is 3.99. The van der Waals surface area contributed by atoms with Gasteiger partial charge in [-0.2, -0.15) is 0 Å². The zero-order valence-electron chi connectivity index (χ0n) is 7.75. The smallest absolute Gasteiger partial charge is 0.136 e. The van der Waals surface area contributed by atoms with Crippen molar-refractivity contribution in [1.82, 2.24) is 4.98 Å². The molecule has 13 heavy (non-hydrogen) atoms. The zero-order chi connectivity index (χ0) is 9.68. The lowest BCUT2D eigenvalue weighted by Gasteiger charge is -2.04. The molecule has 0 unspecified atom stereocenters. The van der Waals surface area contributed by atoms with Crippen molar-refractivity contribution in [2.24, 2.45) is 0 Å². The van der Waals surface area contributed by atoms with Crippen molar-refractivity contribution in [3.05, 3.63) is 33.7 Å². The monoisotopic (exact) mass is 289 g/mol. The van der Waals surface area contributed by atoms with Crippen LogP contribution >= 0.6 is 22.6 Å². The second-order valence-electron chi connectivity index (χ2n) is 2.90. The van der Waals surface area contributed by atoms with E-state index in [1.54, 1.807) is 12.4 Å². The standard InChI is InChI=1S/C10H12INO/c1-8(2)4-6-13-10-3-5-12-7-9(10)11/h3-5,7H,6H2,1-2H3. The van der Waals surface area contributed by atoms with Crippen molar-refractivity contribution >= 4 is 22.6 Å². The summed E-state index contributed by atoms with van der Waals surface area (Å²) in [6.07, 6.45) is 5.58. The van der Waals surface area contributed by atoms with Crippen molar-refractivity contribution in [1.29, 1.82) is 0 Å². The molecule has 3 heteroatoms. The largest absolute Gasteiger partial charge is 0.488 e. The minimum Gasteiger partial charge on any atom is -0.488 e. The normalized spacial score (nSPS) is 9.46. The van der Waals surface area contributed by atoms with Crippen molar-refractivity contribution < 1.29 is 4.74 Å². The fourth-order valence-electron chi connectivity index (χ4n) is 0.778. The molecule has 1 aromatic heterocycles. The van der Waals surface area contributed by atoms with Crippen LogP contribution in [-0.4, -0.2) is 11.6 Å². The van der Waals surface area contributed by atoms with Crippen molar-refractivity contribution in [2.45, 2.75) is 13.8 Å². The van der Waals surface area contributed by atoms with Crippen LogP contribution in [0, 0.1) is 3.57 Å². The van der Waals surface area contributed by atoms with Crippen molar-refractivity contribution in [3.8, 4) is 5.75 Å². The molecule has 2 nitrogen and oxygen atoms in total. The number of halogens is 1. The highest BCUT2D eigenvalue weighted by Gasteiger charge is 1.97. The molecule has 0 N–H and O–H groups in total. The van der Waals surface area contributed by atoms with Crippen molar-refractivity contribution in [2.75, 3.05) is 6.61 Å². The number of hydrogen-bond acceptors (Lipinski definition) is 2. The molecule has 1 rings (SSSR count). The quantitative estimate of drug-likeness (QED) is 0.630. The molecule has 1 heterocycles. The van der Waals surface area contributed by atoms with E-state index in [0.717, 1.165) is 9.32 Å². The third-order valence-corrected chi connectivity index (χ3v) is 2.28. The number of pyridine rings is 1. The Kier molecular flexibility index (Phi) is 4.21. The first-order valence-electron chi connectivity index (χ1n) is 4.06. The Balaban J connectivity index is 2.55. The molecule has 1 aromatic rings. The van der Waals surface area contributed by atoms with Crippen LogP contribution in [0.1, 0.15) is 13.8 Å². The Hall–Kier alpha value is -0.580. The molecule has 0 aromatic carbocycles. The summed E-state index contributed by atoms with van der Waals surface area (Å²) in [5, 5.41) is 0. The van der Waals surface area contributed by atoms with Crippen LogP contribution in [0.25, 0.3) is 0 Å². The molecule has 0 saturated carbocycles. The first-order valence-corrected chi connectivity index (χ1v) is 5.13. The van der Waals surface area contributed by atoms with Crippen LogP contribution < -0.4 is 4.74 Å². The molecule has 0 spiro atoms. The fraction of sp³-hybridized carbons (Fsp3) is 0.300. The van der Waals surface area contributed by atoms with Gasteiger partial charge in [0.15, 0.2) is 0 Å². The SMILES string of the molecule is CC(C)=CCOc1ccncc1I. The second kappa shape index (κ2) is 5.21. The third-order valence-electron chi connectivity index (χ3n) is 1.47. The van der Waals surface area contributed by atoms with Gasteiger partial charge in [-0.05, 0) is 48.6 Å². The Morgan fingerprint density at radius 3 is 3.00 bits per heavy atom. The van der Waals surface area contributed by atoms with E-state index in [9.17, 15) is 0 Å². The van der Waals surface area contributed by atoms with E-state index in [0.29, 0.717) is 6.61 Å². The predicted molar refractivity (Wildman–Crippen MR) is 61.9 cm³/mol. The average molecular weight is 289 g/mol. The lowest BCUT2D eigenvalue weighted by atomic mass is 10.3. The van der Waals surface area contributed by atoms with Gasteiger partial charge in [0, 0.05) is 12.4 Å². The highest BCUT2D eigenvalue weighted by atomic mass is 127. The summed E-state index contributed by atoms with van der Waals surface area (Å²) in [6, 6.07) is 1.88. The minimum atomic E-state index is 0.627. The van der Waals surface area contributed by atoms with E-state index in [2.05, 4.69) is 47.5 Å². The fourth-order valence-corrected chi connectivity index (χ4v) is 1.27. The van der Waals surface area contributed by atoms with Gasteiger partial charge in [0.1, 0.15) is 12.4 Å². The van der Waals surface area contributed by atoms with E-state index in [1.165, 1.54) is 5.57 Å². The molecular formula is C10H12INO. The first-order chi connectivity index (χ1) is 6.20. The number of allylic oxidation sites excluding steroid dienone is 1. The molecular weight excluding hydrogens is 277 g/mol. The van der Waals surface area contributed by atoms with E-state index in [4.69, 9.17) is 4.74 Å². The Morgan fingerprint density at radius 2 is 2.38 bits per heavy atom. The predicted octanol–water partition coefficient (Wildman–Crippen LogP) is 3.03. The molecule has 70 valence electrons. The highest BCUT2D eigenvalue weighted by molar-refractivity contribution is 14.1. The lowest BCUT2D eigenvalue weighted by molar-refractivity contribution is 0.359. The molecule has 0 saturated heterocycles. The van der Waals surface area contributed by atoms with Crippen molar-refractivity contribution in [3.63, 3.8) is 0 Å². The lowest BCUT2D eigenvalue weighted by Crippen LogP contribution is -1.96. The van der Waals surface area contributed by atoms with E-state index in [1.807, 2.05) is 6.07 Å². The molecule has 0 aliphatic heterocycles. The van der Waals surface area contributed by atoms with Gasteiger partial charge in [-0.15, -0.1) is 0 Å². The van der Waals surface area contributed by atoms with Gasteiger partial charge in [0.2, 0.25) is 0 Å².